The SMILES string of the molecule is CC1CCC(CNCc2cc3c(s2)CCC3)O1. The number of hydrogen-bond donors (Lipinski definition) is 1. The van der Waals surface area contributed by atoms with E-state index in [-0.39, 0.29) is 0 Å². The lowest BCUT2D eigenvalue weighted by molar-refractivity contribution is 0.0559. The van der Waals surface area contributed by atoms with Crippen molar-refractivity contribution >= 4 is 11.3 Å². The number of fused-ring (bicyclic) bond motifs is 1. The zero-order valence-electron chi connectivity index (χ0n) is 10.5. The summed E-state index contributed by atoms with van der Waals surface area (Å²) in [5.41, 5.74) is 1.61. The predicted molar refractivity (Wildman–Crippen MR) is 71.6 cm³/mol. The molecular weight excluding hydrogens is 230 g/mol. The molecule has 1 aromatic rings. The number of aryl methyl sites for hydroxylation is 2. The van der Waals surface area contributed by atoms with Crippen LogP contribution in [0.1, 0.15) is 41.5 Å². The summed E-state index contributed by atoms with van der Waals surface area (Å²) in [5, 5.41) is 3.54. The van der Waals surface area contributed by atoms with Crippen molar-refractivity contribution in [2.24, 2.45) is 0 Å². The molecule has 2 nitrogen and oxygen atoms in total. The molecule has 2 heterocycles. The van der Waals surface area contributed by atoms with Crippen LogP contribution >= 0.6 is 11.3 Å². The van der Waals surface area contributed by atoms with Gasteiger partial charge in [-0.05, 0) is 50.7 Å². The monoisotopic (exact) mass is 251 g/mol. The third-order valence-corrected chi connectivity index (χ3v) is 5.03. The van der Waals surface area contributed by atoms with Gasteiger partial charge < -0.3 is 10.1 Å². The first kappa shape index (κ1) is 11.7. The van der Waals surface area contributed by atoms with E-state index in [2.05, 4.69) is 18.3 Å². The topological polar surface area (TPSA) is 21.3 Å². The second kappa shape index (κ2) is 5.09. The number of thiophene rings is 1. The fourth-order valence-electron chi connectivity index (χ4n) is 2.87. The Labute approximate surface area is 107 Å². The van der Waals surface area contributed by atoms with E-state index in [1.54, 1.807) is 10.4 Å². The maximum absolute atomic E-state index is 5.80. The van der Waals surface area contributed by atoms with Crippen molar-refractivity contribution in [3.05, 3.63) is 21.4 Å². The van der Waals surface area contributed by atoms with Crippen molar-refractivity contribution in [3.63, 3.8) is 0 Å². The minimum atomic E-state index is 0.441. The first-order chi connectivity index (χ1) is 8.31. The summed E-state index contributed by atoms with van der Waals surface area (Å²) in [4.78, 5) is 3.13. The summed E-state index contributed by atoms with van der Waals surface area (Å²) in [6, 6.07) is 2.40. The zero-order valence-corrected chi connectivity index (χ0v) is 11.3. The second-order valence-electron chi connectivity index (χ2n) is 5.29. The molecule has 3 rings (SSSR count). The molecule has 0 saturated carbocycles. The molecule has 2 aliphatic rings. The maximum atomic E-state index is 5.80. The van der Waals surface area contributed by atoms with Gasteiger partial charge in [-0.2, -0.15) is 0 Å². The average molecular weight is 251 g/mol. The lowest BCUT2D eigenvalue weighted by Crippen LogP contribution is -2.26. The van der Waals surface area contributed by atoms with Crippen LogP contribution in [0.15, 0.2) is 6.07 Å². The minimum absolute atomic E-state index is 0.441. The van der Waals surface area contributed by atoms with Crippen LogP contribution in [0.2, 0.25) is 0 Å². The Hall–Kier alpha value is -0.380. The van der Waals surface area contributed by atoms with E-state index in [1.165, 1.54) is 37.0 Å². The number of nitrogens with one attached hydrogen (secondary N) is 1. The van der Waals surface area contributed by atoms with Crippen molar-refractivity contribution in [1.29, 1.82) is 0 Å². The van der Waals surface area contributed by atoms with Crippen LogP contribution in [0.25, 0.3) is 0 Å². The highest BCUT2D eigenvalue weighted by Crippen LogP contribution is 2.30. The highest BCUT2D eigenvalue weighted by Gasteiger charge is 2.21. The number of hydrogen-bond acceptors (Lipinski definition) is 3. The van der Waals surface area contributed by atoms with Crippen LogP contribution in [0.4, 0.5) is 0 Å². The summed E-state index contributed by atoms with van der Waals surface area (Å²) in [6.07, 6.45) is 7.32. The molecule has 1 aliphatic heterocycles. The molecule has 1 aliphatic carbocycles. The fourth-order valence-corrected chi connectivity index (χ4v) is 4.10. The molecule has 0 bridgehead atoms. The van der Waals surface area contributed by atoms with Gasteiger partial charge in [0.2, 0.25) is 0 Å². The first-order valence-electron chi connectivity index (χ1n) is 6.78. The summed E-state index contributed by atoms with van der Waals surface area (Å²) >= 11 is 2.00. The summed E-state index contributed by atoms with van der Waals surface area (Å²) in [6.45, 7) is 4.20. The molecule has 0 amide bonds. The van der Waals surface area contributed by atoms with Gasteiger partial charge in [0.15, 0.2) is 0 Å². The smallest absolute Gasteiger partial charge is 0.0704 e. The number of ether oxygens (including phenoxy) is 1. The second-order valence-corrected chi connectivity index (χ2v) is 6.51. The van der Waals surface area contributed by atoms with Crippen LogP contribution in [0.5, 0.6) is 0 Å². The summed E-state index contributed by atoms with van der Waals surface area (Å²) in [5.74, 6) is 0. The van der Waals surface area contributed by atoms with Gasteiger partial charge in [0.05, 0.1) is 12.2 Å². The summed E-state index contributed by atoms with van der Waals surface area (Å²) < 4.78 is 5.80. The Kier molecular flexibility index (Phi) is 3.50. The maximum Gasteiger partial charge on any atom is 0.0704 e. The summed E-state index contributed by atoms with van der Waals surface area (Å²) in [7, 11) is 0. The largest absolute Gasteiger partial charge is 0.374 e. The van der Waals surface area contributed by atoms with E-state index in [0.29, 0.717) is 12.2 Å². The molecule has 0 aromatic carbocycles. The van der Waals surface area contributed by atoms with Gasteiger partial charge in [0.1, 0.15) is 0 Å². The molecule has 2 unspecified atom stereocenters. The molecule has 1 aromatic heterocycles. The quantitative estimate of drug-likeness (QED) is 0.888. The first-order valence-corrected chi connectivity index (χ1v) is 7.59. The van der Waals surface area contributed by atoms with Crippen molar-refractivity contribution in [2.75, 3.05) is 6.54 Å². The van der Waals surface area contributed by atoms with Gasteiger partial charge in [-0.3, -0.25) is 0 Å². The molecular formula is C14H21NOS. The van der Waals surface area contributed by atoms with Gasteiger partial charge in [-0.15, -0.1) is 11.3 Å². The molecule has 3 heteroatoms. The molecule has 1 saturated heterocycles. The highest BCUT2D eigenvalue weighted by molar-refractivity contribution is 7.12. The third kappa shape index (κ3) is 2.72. The van der Waals surface area contributed by atoms with Crippen LogP contribution in [-0.2, 0) is 24.1 Å². The zero-order chi connectivity index (χ0) is 11.7. The Morgan fingerprint density at radius 3 is 3.12 bits per heavy atom. The number of rotatable bonds is 4. The Bertz CT molecular complexity index is 366. The van der Waals surface area contributed by atoms with Gasteiger partial charge >= 0.3 is 0 Å². The normalized spacial score (nSPS) is 27.6. The van der Waals surface area contributed by atoms with Crippen molar-refractivity contribution < 1.29 is 4.74 Å². The van der Waals surface area contributed by atoms with E-state index in [1.807, 2.05) is 11.3 Å². The van der Waals surface area contributed by atoms with Crippen molar-refractivity contribution in [2.45, 2.75) is 57.8 Å². The Morgan fingerprint density at radius 1 is 1.41 bits per heavy atom. The van der Waals surface area contributed by atoms with Gasteiger partial charge in [-0.25, -0.2) is 0 Å². The van der Waals surface area contributed by atoms with Crippen molar-refractivity contribution in [3.8, 4) is 0 Å². The molecule has 1 N–H and O–H groups in total. The van der Waals surface area contributed by atoms with Gasteiger partial charge in [0.25, 0.3) is 0 Å². The van der Waals surface area contributed by atoms with Crippen molar-refractivity contribution in [1.82, 2.24) is 5.32 Å². The van der Waals surface area contributed by atoms with E-state index >= 15 is 0 Å². The fraction of sp³-hybridized carbons (Fsp3) is 0.714. The van der Waals surface area contributed by atoms with E-state index in [9.17, 15) is 0 Å². The molecule has 17 heavy (non-hydrogen) atoms. The molecule has 1 fully saturated rings. The highest BCUT2D eigenvalue weighted by atomic mass is 32.1. The lowest BCUT2D eigenvalue weighted by atomic mass is 10.2. The Balaban J connectivity index is 1.44. The Morgan fingerprint density at radius 2 is 2.35 bits per heavy atom. The van der Waals surface area contributed by atoms with E-state index in [4.69, 9.17) is 4.74 Å². The lowest BCUT2D eigenvalue weighted by Gasteiger charge is -2.11. The van der Waals surface area contributed by atoms with Crippen LogP contribution in [0.3, 0.4) is 0 Å². The van der Waals surface area contributed by atoms with Crippen LogP contribution in [0, 0.1) is 0 Å². The third-order valence-electron chi connectivity index (χ3n) is 3.79. The van der Waals surface area contributed by atoms with Gasteiger partial charge in [0, 0.05) is 22.8 Å². The van der Waals surface area contributed by atoms with E-state index in [0.717, 1.165) is 13.1 Å². The van der Waals surface area contributed by atoms with Gasteiger partial charge in [-0.1, -0.05) is 0 Å². The molecule has 0 radical (unpaired) electrons. The predicted octanol–water partition coefficient (Wildman–Crippen LogP) is 2.89. The molecule has 0 spiro atoms. The van der Waals surface area contributed by atoms with Crippen LogP contribution < -0.4 is 5.32 Å². The van der Waals surface area contributed by atoms with Crippen LogP contribution in [-0.4, -0.2) is 18.8 Å². The molecule has 94 valence electrons. The van der Waals surface area contributed by atoms with E-state index < -0.39 is 0 Å². The average Bonchev–Trinajstić information content (AvgIpc) is 2.94. The molecule has 2 atom stereocenters. The minimum Gasteiger partial charge on any atom is -0.374 e. The standard InChI is InChI=1S/C14H21NOS/c1-10-5-6-12(16-10)8-15-9-13-7-11-3-2-4-14(11)17-13/h7,10,12,15H,2-6,8-9H2,1H3.